The van der Waals surface area contributed by atoms with Crippen LogP contribution in [0, 0.1) is 5.92 Å². The molecule has 0 amide bonds. The summed E-state index contributed by atoms with van der Waals surface area (Å²) in [4.78, 5) is 0. The van der Waals surface area contributed by atoms with E-state index in [0.717, 1.165) is 32.1 Å². The van der Waals surface area contributed by atoms with Crippen LogP contribution in [0.5, 0.6) is 0 Å². The van der Waals surface area contributed by atoms with Crippen molar-refractivity contribution in [1.82, 2.24) is 0 Å². The third-order valence-corrected chi connectivity index (χ3v) is 14.9. The number of benzene rings is 8. The maximum Gasteiger partial charge on any atom is 0.0210 e. The molecule has 0 atom stereocenters. The highest BCUT2D eigenvalue weighted by Crippen LogP contribution is 2.57. The Hall–Kier alpha value is -5.20. The molecule has 0 heterocycles. The van der Waals surface area contributed by atoms with E-state index in [1.807, 2.05) is 0 Å². The summed E-state index contributed by atoms with van der Waals surface area (Å²) in [6.07, 6.45) is 5.44. The molecule has 0 radical (unpaired) electrons. The fourth-order valence-corrected chi connectivity index (χ4v) is 11.7. The van der Waals surface area contributed by atoms with Gasteiger partial charge in [-0.15, -0.1) is 0 Å². The van der Waals surface area contributed by atoms with Crippen molar-refractivity contribution in [3.05, 3.63) is 155 Å². The largest absolute Gasteiger partial charge is 0.0642 e. The van der Waals surface area contributed by atoms with Gasteiger partial charge in [0.05, 0.1) is 0 Å². The molecular formula is C58H58. The maximum absolute atomic E-state index is 2.56. The van der Waals surface area contributed by atoms with Crippen molar-refractivity contribution in [2.24, 2.45) is 5.92 Å². The highest BCUT2D eigenvalue weighted by molar-refractivity contribution is 6.25. The van der Waals surface area contributed by atoms with Gasteiger partial charge in [-0.3, -0.25) is 0 Å². The fourth-order valence-electron chi connectivity index (χ4n) is 11.7. The van der Waals surface area contributed by atoms with Crippen LogP contribution in [0.3, 0.4) is 0 Å². The van der Waals surface area contributed by atoms with Gasteiger partial charge in [-0.05, 0) is 172 Å². The summed E-state index contributed by atoms with van der Waals surface area (Å²) >= 11 is 0. The minimum Gasteiger partial charge on any atom is -0.0642 e. The smallest absolute Gasteiger partial charge is 0.0210 e. The molecule has 2 aliphatic rings. The molecule has 8 aromatic rings. The molecule has 0 unspecified atom stereocenters. The van der Waals surface area contributed by atoms with Crippen LogP contribution in [-0.4, -0.2) is 0 Å². The van der Waals surface area contributed by atoms with Crippen LogP contribution in [0.25, 0.3) is 76.8 Å². The summed E-state index contributed by atoms with van der Waals surface area (Å²) in [7, 11) is 0. The molecule has 8 aromatic carbocycles. The van der Waals surface area contributed by atoms with E-state index < -0.39 is 0 Å². The normalized spacial score (nSPS) is 15.1. The van der Waals surface area contributed by atoms with Crippen molar-refractivity contribution >= 4 is 32.3 Å². The number of hydrogen-bond donors (Lipinski definition) is 0. The van der Waals surface area contributed by atoms with E-state index in [2.05, 4.69) is 184 Å². The molecule has 0 N–H and O–H groups in total. The first-order valence-corrected chi connectivity index (χ1v) is 22.2. The van der Waals surface area contributed by atoms with Crippen LogP contribution in [-0.2, 0) is 22.7 Å². The number of hydrogen-bond acceptors (Lipinski definition) is 0. The minimum atomic E-state index is -0.0415. The highest BCUT2D eigenvalue weighted by atomic mass is 14.5. The zero-order valence-electron chi connectivity index (χ0n) is 36.2. The van der Waals surface area contributed by atoms with Crippen LogP contribution in [0.15, 0.2) is 121 Å². The van der Waals surface area contributed by atoms with E-state index in [-0.39, 0.29) is 16.2 Å². The molecule has 0 aliphatic heterocycles. The Morgan fingerprint density at radius 2 is 0.862 bits per heavy atom. The van der Waals surface area contributed by atoms with Gasteiger partial charge in [0.1, 0.15) is 0 Å². The van der Waals surface area contributed by atoms with Crippen molar-refractivity contribution in [2.75, 3.05) is 0 Å². The van der Waals surface area contributed by atoms with Gasteiger partial charge in [-0.25, -0.2) is 0 Å². The lowest BCUT2D eigenvalue weighted by Gasteiger charge is -2.31. The predicted molar refractivity (Wildman–Crippen MR) is 252 cm³/mol. The van der Waals surface area contributed by atoms with Gasteiger partial charge in [-0.2, -0.15) is 0 Å². The monoisotopic (exact) mass is 754 g/mol. The van der Waals surface area contributed by atoms with Gasteiger partial charge >= 0.3 is 0 Å². The average Bonchev–Trinajstić information content (AvgIpc) is 3.67. The zero-order chi connectivity index (χ0) is 40.3. The van der Waals surface area contributed by atoms with Crippen molar-refractivity contribution in [1.29, 1.82) is 0 Å². The third-order valence-electron chi connectivity index (χ3n) is 14.9. The van der Waals surface area contributed by atoms with Crippen molar-refractivity contribution < 1.29 is 0 Å². The second-order valence-electron chi connectivity index (χ2n) is 19.3. The molecule has 0 saturated carbocycles. The predicted octanol–water partition coefficient (Wildman–Crippen LogP) is 16.6. The van der Waals surface area contributed by atoms with Crippen LogP contribution < -0.4 is 0 Å². The minimum absolute atomic E-state index is 0.0315. The van der Waals surface area contributed by atoms with Gasteiger partial charge in [-0.1, -0.05) is 165 Å². The Morgan fingerprint density at radius 3 is 1.38 bits per heavy atom. The van der Waals surface area contributed by atoms with Crippen molar-refractivity contribution in [2.45, 2.75) is 111 Å². The second-order valence-corrected chi connectivity index (χ2v) is 19.3. The first-order chi connectivity index (χ1) is 27.9. The van der Waals surface area contributed by atoms with Gasteiger partial charge in [0, 0.05) is 10.8 Å². The summed E-state index contributed by atoms with van der Waals surface area (Å²) < 4.78 is 0. The Labute approximate surface area is 346 Å². The van der Waals surface area contributed by atoms with E-state index >= 15 is 0 Å². The highest BCUT2D eigenvalue weighted by Gasteiger charge is 2.43. The topological polar surface area (TPSA) is 0 Å². The van der Waals surface area contributed by atoms with Crippen LogP contribution in [0.1, 0.15) is 121 Å². The van der Waals surface area contributed by atoms with Gasteiger partial charge in [0.25, 0.3) is 0 Å². The third kappa shape index (κ3) is 5.19. The van der Waals surface area contributed by atoms with Crippen molar-refractivity contribution in [3.8, 4) is 44.5 Å². The average molecular weight is 755 g/mol. The van der Waals surface area contributed by atoms with Crippen LogP contribution in [0.4, 0.5) is 0 Å². The fraction of sp³-hybridized carbons (Fsp3) is 0.310. The maximum atomic E-state index is 2.56. The van der Waals surface area contributed by atoms with E-state index in [0.29, 0.717) is 5.92 Å². The quantitative estimate of drug-likeness (QED) is 0.136. The van der Waals surface area contributed by atoms with Gasteiger partial charge < -0.3 is 0 Å². The first-order valence-electron chi connectivity index (χ1n) is 22.2. The molecule has 0 nitrogen and oxygen atoms in total. The summed E-state index contributed by atoms with van der Waals surface area (Å²) in [6.45, 7) is 21.2. The van der Waals surface area contributed by atoms with E-state index in [1.165, 1.54) is 110 Å². The van der Waals surface area contributed by atoms with Gasteiger partial charge in [0.2, 0.25) is 0 Å². The summed E-state index contributed by atoms with van der Waals surface area (Å²) in [6, 6.07) is 48.5. The summed E-state index contributed by atoms with van der Waals surface area (Å²) in [5.74, 6) is 0.637. The molecule has 2 aliphatic carbocycles. The molecule has 0 aromatic heterocycles. The number of fused-ring (bicyclic) bond motifs is 6. The van der Waals surface area contributed by atoms with E-state index in [4.69, 9.17) is 0 Å². The Kier molecular flexibility index (Phi) is 8.41. The lowest BCUT2D eigenvalue weighted by molar-refractivity contribution is 0.488. The molecule has 0 saturated heterocycles. The van der Waals surface area contributed by atoms with Crippen molar-refractivity contribution in [3.63, 3.8) is 0 Å². The van der Waals surface area contributed by atoms with Crippen LogP contribution in [0.2, 0.25) is 0 Å². The Morgan fingerprint density at radius 1 is 0.431 bits per heavy atom. The van der Waals surface area contributed by atoms with Crippen LogP contribution >= 0.6 is 0 Å². The molecule has 0 spiro atoms. The lowest BCUT2D eigenvalue weighted by Crippen LogP contribution is -2.24. The lowest BCUT2D eigenvalue weighted by atomic mass is 9.72. The molecule has 58 heavy (non-hydrogen) atoms. The molecule has 290 valence electrons. The number of rotatable bonds is 8. The summed E-state index contributed by atoms with van der Waals surface area (Å²) in [5.41, 5.74) is 19.9. The molecule has 0 fully saturated rings. The molecule has 0 bridgehead atoms. The SMILES string of the molecule is CCC1(CC)c2cc(-c3ccc4c(c3)C(CC)(CC)c3cc(C(C)(C)C)ccc3-4)ccc2-c2ccc(-c3ccc4ccc5cc(CC(C)C)cc6ccc3c4c56)cc21. The molecular weight excluding hydrogens is 697 g/mol. The Balaban J connectivity index is 1.07. The van der Waals surface area contributed by atoms with E-state index in [9.17, 15) is 0 Å². The van der Waals surface area contributed by atoms with E-state index in [1.54, 1.807) is 0 Å². The first kappa shape index (κ1) is 37.1. The second kappa shape index (κ2) is 13.2. The Bertz CT molecular complexity index is 2900. The summed E-state index contributed by atoms with van der Waals surface area (Å²) in [5, 5.41) is 8.20. The zero-order valence-corrected chi connectivity index (χ0v) is 36.2. The molecule has 10 rings (SSSR count). The van der Waals surface area contributed by atoms with Gasteiger partial charge in [0.15, 0.2) is 0 Å². The molecule has 0 heteroatoms. The standard InChI is InChI=1S/C58H58/c1-10-57(11-2)50-31-38(39-18-24-46-48-27-21-43(56(7,8)9)34-53(48)58(12-3,13-4)51(46)32-39)17-23-45(50)47-25-19-40(33-52(47)57)44-22-16-37-14-15-41-29-36(28-35(5)6)30-42-20-26-49(44)55(37)54(41)42/h14-27,29-35H,10-13,28H2,1-9H3.